The van der Waals surface area contributed by atoms with Gasteiger partial charge in [-0.2, -0.15) is 0 Å². The zero-order valence-corrected chi connectivity index (χ0v) is 11.6. The number of pyridine rings is 2. The first-order chi connectivity index (χ1) is 10.6. The second-order valence-corrected chi connectivity index (χ2v) is 4.79. The molecule has 0 atom stereocenters. The average molecular weight is 295 g/mol. The fraction of sp³-hybridized carbons (Fsp3) is 0.0625. The van der Waals surface area contributed by atoms with Crippen molar-refractivity contribution in [3.63, 3.8) is 0 Å². The van der Waals surface area contributed by atoms with Crippen molar-refractivity contribution in [3.8, 4) is 0 Å². The lowest BCUT2D eigenvalue weighted by molar-refractivity contribution is -0.115. The molecule has 2 heterocycles. The molecule has 0 aliphatic carbocycles. The molecule has 2 N–H and O–H groups in total. The quantitative estimate of drug-likeness (QED) is 0.722. The van der Waals surface area contributed by atoms with Crippen LogP contribution < -0.4 is 10.9 Å². The van der Waals surface area contributed by atoms with Crippen molar-refractivity contribution in [2.24, 2.45) is 0 Å². The van der Waals surface area contributed by atoms with Crippen LogP contribution >= 0.6 is 0 Å². The van der Waals surface area contributed by atoms with Crippen molar-refractivity contribution >= 4 is 22.6 Å². The predicted octanol–water partition coefficient (Wildman–Crippen LogP) is 1.81. The van der Waals surface area contributed by atoms with Crippen molar-refractivity contribution in [2.45, 2.75) is 6.42 Å². The summed E-state index contributed by atoms with van der Waals surface area (Å²) in [7, 11) is 0. The van der Waals surface area contributed by atoms with E-state index in [1.165, 1.54) is 12.3 Å². The van der Waals surface area contributed by atoms with Gasteiger partial charge >= 0.3 is 0 Å². The highest BCUT2D eigenvalue weighted by Gasteiger charge is 2.11. The first-order valence-electron chi connectivity index (χ1n) is 6.69. The molecule has 1 amide bonds. The molecule has 2 aromatic heterocycles. The highest BCUT2D eigenvalue weighted by molar-refractivity contribution is 6.00. The van der Waals surface area contributed by atoms with Gasteiger partial charge in [-0.15, -0.1) is 4.73 Å². The smallest absolute Gasteiger partial charge is 0.286 e. The first-order valence-corrected chi connectivity index (χ1v) is 6.69. The first kappa shape index (κ1) is 13.8. The zero-order chi connectivity index (χ0) is 15.5. The van der Waals surface area contributed by atoms with E-state index in [4.69, 9.17) is 0 Å². The Morgan fingerprint density at radius 3 is 2.73 bits per heavy atom. The number of hydrogen-bond donors (Lipinski definition) is 2. The summed E-state index contributed by atoms with van der Waals surface area (Å²) in [6.07, 6.45) is 1.66. The van der Waals surface area contributed by atoms with Gasteiger partial charge in [0.15, 0.2) is 5.65 Å². The second kappa shape index (κ2) is 5.69. The summed E-state index contributed by atoms with van der Waals surface area (Å²) in [6.45, 7) is 0. The Bertz CT molecular complexity index is 888. The van der Waals surface area contributed by atoms with Gasteiger partial charge in [-0.1, -0.05) is 30.3 Å². The van der Waals surface area contributed by atoms with Gasteiger partial charge < -0.3 is 10.5 Å². The van der Waals surface area contributed by atoms with E-state index in [-0.39, 0.29) is 18.0 Å². The van der Waals surface area contributed by atoms with E-state index in [0.717, 1.165) is 5.56 Å². The molecule has 0 radical (unpaired) electrons. The lowest BCUT2D eigenvalue weighted by Gasteiger charge is -2.09. The van der Waals surface area contributed by atoms with Gasteiger partial charge in [0.2, 0.25) is 5.91 Å². The highest BCUT2D eigenvalue weighted by Crippen LogP contribution is 2.19. The van der Waals surface area contributed by atoms with E-state index in [9.17, 15) is 14.8 Å². The van der Waals surface area contributed by atoms with E-state index >= 15 is 0 Å². The van der Waals surface area contributed by atoms with Crippen LogP contribution in [0.25, 0.3) is 11.0 Å². The minimum absolute atomic E-state index is 0.102. The van der Waals surface area contributed by atoms with E-state index in [0.29, 0.717) is 15.8 Å². The topological polar surface area (TPSA) is 84.2 Å². The molecule has 22 heavy (non-hydrogen) atoms. The average Bonchev–Trinajstić information content (AvgIpc) is 2.53. The number of rotatable bonds is 3. The molecule has 0 aliphatic rings. The van der Waals surface area contributed by atoms with Crippen molar-refractivity contribution in [3.05, 3.63) is 70.6 Å². The Morgan fingerprint density at radius 1 is 1.18 bits per heavy atom. The summed E-state index contributed by atoms with van der Waals surface area (Å²) in [5, 5.41) is 12.9. The molecule has 0 saturated heterocycles. The van der Waals surface area contributed by atoms with Crippen molar-refractivity contribution < 1.29 is 10.0 Å². The van der Waals surface area contributed by atoms with Crippen LogP contribution in [0.2, 0.25) is 0 Å². The van der Waals surface area contributed by atoms with Gasteiger partial charge in [0, 0.05) is 17.6 Å². The molecule has 0 aliphatic heterocycles. The van der Waals surface area contributed by atoms with Crippen LogP contribution in [0.1, 0.15) is 5.56 Å². The van der Waals surface area contributed by atoms with Crippen molar-refractivity contribution in [1.29, 1.82) is 0 Å². The molecule has 1 aromatic carbocycles. The Labute approximate surface area is 125 Å². The van der Waals surface area contributed by atoms with E-state index in [1.807, 2.05) is 30.3 Å². The van der Waals surface area contributed by atoms with Crippen molar-refractivity contribution in [1.82, 2.24) is 9.71 Å². The molecule has 6 heteroatoms. The fourth-order valence-electron chi connectivity index (χ4n) is 2.22. The van der Waals surface area contributed by atoms with Crippen LogP contribution in [-0.2, 0) is 11.2 Å². The summed E-state index contributed by atoms with van der Waals surface area (Å²) in [5.41, 5.74) is 0.656. The maximum Gasteiger partial charge on any atom is 0.286 e. The SMILES string of the molecule is O=C(Cc1ccccc1)Nc1cc(=O)n(O)c2ncccc12. The number of hydrogen-bond acceptors (Lipinski definition) is 4. The molecule has 0 saturated carbocycles. The Balaban J connectivity index is 1.92. The van der Waals surface area contributed by atoms with Gasteiger partial charge in [-0.05, 0) is 17.7 Å². The zero-order valence-electron chi connectivity index (χ0n) is 11.6. The molecule has 0 fully saturated rings. The van der Waals surface area contributed by atoms with Crippen LogP contribution in [0.5, 0.6) is 0 Å². The number of anilines is 1. The fourth-order valence-corrected chi connectivity index (χ4v) is 2.22. The number of nitrogens with zero attached hydrogens (tertiary/aromatic N) is 2. The van der Waals surface area contributed by atoms with Gasteiger partial charge in [0.1, 0.15) is 0 Å². The van der Waals surface area contributed by atoms with Gasteiger partial charge in [-0.3, -0.25) is 9.59 Å². The Kier molecular flexibility index (Phi) is 3.57. The highest BCUT2D eigenvalue weighted by atomic mass is 16.5. The summed E-state index contributed by atoms with van der Waals surface area (Å²) in [5.74, 6) is -0.244. The number of carbonyl (C=O) groups excluding carboxylic acids is 1. The molecule has 0 bridgehead atoms. The summed E-state index contributed by atoms with van der Waals surface area (Å²) in [6, 6.07) is 13.8. The standard InChI is InChI=1S/C16H13N3O3/c20-14(9-11-5-2-1-3-6-11)18-13-10-15(21)19(22)16-12(13)7-4-8-17-16/h1-8,10,22H,9H2,(H,18,20). The van der Waals surface area contributed by atoms with Crippen LogP contribution in [0.3, 0.4) is 0 Å². The third-order valence-electron chi connectivity index (χ3n) is 3.24. The molecule has 110 valence electrons. The molecule has 0 unspecified atom stereocenters. The largest absolute Gasteiger partial charge is 0.423 e. The van der Waals surface area contributed by atoms with Crippen molar-refractivity contribution in [2.75, 3.05) is 5.32 Å². The lowest BCUT2D eigenvalue weighted by Crippen LogP contribution is -2.21. The molecule has 6 nitrogen and oxygen atoms in total. The van der Waals surface area contributed by atoms with Crippen LogP contribution in [0.15, 0.2) is 59.5 Å². The second-order valence-electron chi connectivity index (χ2n) is 4.79. The molecular formula is C16H13N3O3. The number of aromatic nitrogens is 2. The van der Waals surface area contributed by atoms with E-state index in [1.54, 1.807) is 12.1 Å². The minimum atomic E-state index is -0.652. The number of fused-ring (bicyclic) bond motifs is 1. The monoisotopic (exact) mass is 295 g/mol. The van der Waals surface area contributed by atoms with Gasteiger partial charge in [0.25, 0.3) is 5.56 Å². The third-order valence-corrected chi connectivity index (χ3v) is 3.24. The normalized spacial score (nSPS) is 10.5. The van der Waals surface area contributed by atoms with Crippen LogP contribution in [0, 0.1) is 0 Å². The maximum atomic E-state index is 12.1. The van der Waals surface area contributed by atoms with Crippen LogP contribution in [0.4, 0.5) is 5.69 Å². The molecular weight excluding hydrogens is 282 g/mol. The summed E-state index contributed by atoms with van der Waals surface area (Å²) < 4.78 is 0.461. The van der Waals surface area contributed by atoms with E-state index in [2.05, 4.69) is 10.3 Å². The number of benzene rings is 1. The summed E-state index contributed by atoms with van der Waals surface area (Å²) >= 11 is 0. The number of nitrogens with one attached hydrogen (secondary N) is 1. The molecule has 3 rings (SSSR count). The molecule has 3 aromatic rings. The minimum Gasteiger partial charge on any atom is -0.423 e. The number of carbonyl (C=O) groups is 1. The molecule has 0 spiro atoms. The third kappa shape index (κ3) is 2.67. The number of amides is 1. The Morgan fingerprint density at radius 2 is 1.95 bits per heavy atom. The van der Waals surface area contributed by atoms with Crippen LogP contribution in [-0.4, -0.2) is 20.8 Å². The Hall–Kier alpha value is -3.15. The lowest BCUT2D eigenvalue weighted by atomic mass is 10.1. The summed E-state index contributed by atoms with van der Waals surface area (Å²) in [4.78, 5) is 27.8. The predicted molar refractivity (Wildman–Crippen MR) is 82.0 cm³/mol. The van der Waals surface area contributed by atoms with Gasteiger partial charge in [0.05, 0.1) is 12.1 Å². The maximum absolute atomic E-state index is 12.1. The van der Waals surface area contributed by atoms with E-state index < -0.39 is 5.56 Å². The van der Waals surface area contributed by atoms with Gasteiger partial charge in [-0.25, -0.2) is 4.98 Å².